The summed E-state index contributed by atoms with van der Waals surface area (Å²) in [6.45, 7) is 0. The van der Waals surface area contributed by atoms with Crippen molar-refractivity contribution in [1.82, 2.24) is 0 Å². The Balaban J connectivity index is 1.20. The summed E-state index contributed by atoms with van der Waals surface area (Å²) in [4.78, 5) is 2.48. The van der Waals surface area contributed by atoms with Crippen molar-refractivity contribution in [3.63, 3.8) is 0 Å². The highest BCUT2D eigenvalue weighted by Gasteiger charge is 2.23. The van der Waals surface area contributed by atoms with Crippen molar-refractivity contribution in [2.45, 2.75) is 0 Å². The maximum atomic E-state index is 6.61. The smallest absolute Gasteiger partial charge is 0.143 e. The summed E-state index contributed by atoms with van der Waals surface area (Å²) >= 11 is 1.86. The molecule has 0 aliphatic rings. The number of nitrogens with zero attached hydrogens (tertiary/aromatic N) is 1. The maximum absolute atomic E-state index is 6.61. The molecule has 0 radical (unpaired) electrons. The molecule has 0 unspecified atom stereocenters. The van der Waals surface area contributed by atoms with E-state index in [1.165, 1.54) is 42.1 Å². The van der Waals surface area contributed by atoms with Gasteiger partial charge in [-0.15, -0.1) is 11.3 Å². The number of fused-ring (bicyclic) bond motifs is 7. The van der Waals surface area contributed by atoms with E-state index >= 15 is 0 Å². The molecule has 2 heterocycles. The maximum Gasteiger partial charge on any atom is 0.143 e. The van der Waals surface area contributed by atoms with Gasteiger partial charge in [0.05, 0.1) is 16.1 Å². The van der Waals surface area contributed by atoms with Gasteiger partial charge in [0.25, 0.3) is 0 Å². The Morgan fingerprint density at radius 3 is 1.80 bits per heavy atom. The molecule has 0 spiro atoms. The molecule has 0 amide bonds. The lowest BCUT2D eigenvalue weighted by atomic mass is 9.92. The minimum Gasteiger partial charge on any atom is -0.455 e. The molecular formula is C52H33NOS. The first-order valence-electron chi connectivity index (χ1n) is 18.7. The summed E-state index contributed by atoms with van der Waals surface area (Å²) < 4.78 is 9.16. The number of hydrogen-bond donors (Lipinski definition) is 0. The summed E-state index contributed by atoms with van der Waals surface area (Å²) in [6.07, 6.45) is 0. The molecule has 0 N–H and O–H groups in total. The Kier molecular flexibility index (Phi) is 7.39. The quantitative estimate of drug-likeness (QED) is 0.170. The number of thiophene rings is 1. The van der Waals surface area contributed by atoms with Gasteiger partial charge in [0, 0.05) is 42.9 Å². The van der Waals surface area contributed by atoms with E-state index in [4.69, 9.17) is 4.42 Å². The first kappa shape index (κ1) is 31.6. The van der Waals surface area contributed by atoms with Crippen molar-refractivity contribution >= 4 is 81.3 Å². The van der Waals surface area contributed by atoms with E-state index in [1.54, 1.807) is 0 Å². The molecule has 0 saturated carbocycles. The van der Waals surface area contributed by atoms with Crippen LogP contribution in [0.25, 0.3) is 86.3 Å². The second-order valence-electron chi connectivity index (χ2n) is 14.0. The van der Waals surface area contributed by atoms with E-state index < -0.39 is 0 Å². The summed E-state index contributed by atoms with van der Waals surface area (Å²) in [6, 6.07) is 72.2. The third kappa shape index (κ3) is 5.16. The fraction of sp³-hybridized carbons (Fsp3) is 0. The summed E-state index contributed by atoms with van der Waals surface area (Å²) in [5.41, 5.74) is 12.1. The molecule has 11 aromatic rings. The molecule has 0 aliphatic carbocycles. The molecule has 3 heteroatoms. The molecule has 0 bridgehead atoms. The van der Waals surface area contributed by atoms with Crippen LogP contribution in [0.15, 0.2) is 205 Å². The van der Waals surface area contributed by atoms with E-state index in [1.807, 2.05) is 17.4 Å². The van der Waals surface area contributed by atoms with Gasteiger partial charge >= 0.3 is 0 Å². The summed E-state index contributed by atoms with van der Waals surface area (Å²) in [7, 11) is 0. The molecular weight excluding hydrogens is 687 g/mol. The first-order valence-corrected chi connectivity index (χ1v) is 19.5. The third-order valence-corrected chi connectivity index (χ3v) is 12.1. The molecule has 0 aliphatic heterocycles. The number of anilines is 3. The van der Waals surface area contributed by atoms with Crippen molar-refractivity contribution in [3.05, 3.63) is 200 Å². The van der Waals surface area contributed by atoms with Gasteiger partial charge in [-0.1, -0.05) is 164 Å². The predicted octanol–water partition coefficient (Wildman–Crippen LogP) is 15.6. The fourth-order valence-electron chi connectivity index (χ4n) is 8.39. The Labute approximate surface area is 322 Å². The van der Waals surface area contributed by atoms with Gasteiger partial charge in [-0.3, -0.25) is 0 Å². The zero-order valence-corrected chi connectivity index (χ0v) is 30.6. The molecule has 9 aromatic carbocycles. The van der Waals surface area contributed by atoms with Crippen LogP contribution in [0.2, 0.25) is 0 Å². The largest absolute Gasteiger partial charge is 0.455 e. The fourth-order valence-corrected chi connectivity index (χ4v) is 9.59. The normalized spacial score (nSPS) is 11.6. The van der Waals surface area contributed by atoms with Crippen LogP contribution in [-0.2, 0) is 0 Å². The first-order chi connectivity index (χ1) is 27.3. The van der Waals surface area contributed by atoms with Crippen LogP contribution < -0.4 is 4.90 Å². The Morgan fingerprint density at radius 1 is 0.364 bits per heavy atom. The third-order valence-electron chi connectivity index (χ3n) is 10.9. The van der Waals surface area contributed by atoms with E-state index in [9.17, 15) is 0 Å². The molecule has 258 valence electrons. The Hall–Kier alpha value is -6.94. The average molecular weight is 720 g/mol. The molecule has 55 heavy (non-hydrogen) atoms. The zero-order chi connectivity index (χ0) is 36.3. The van der Waals surface area contributed by atoms with Crippen LogP contribution in [0.1, 0.15) is 0 Å². The monoisotopic (exact) mass is 719 g/mol. The highest BCUT2D eigenvalue weighted by atomic mass is 32.1. The molecule has 2 nitrogen and oxygen atoms in total. The minimum absolute atomic E-state index is 0.899. The van der Waals surface area contributed by atoms with Crippen molar-refractivity contribution in [1.29, 1.82) is 0 Å². The Morgan fingerprint density at radius 2 is 0.982 bits per heavy atom. The van der Waals surface area contributed by atoms with E-state index in [2.05, 4.69) is 199 Å². The van der Waals surface area contributed by atoms with Gasteiger partial charge in [0.1, 0.15) is 11.2 Å². The second kappa shape index (κ2) is 12.9. The second-order valence-corrected chi connectivity index (χ2v) is 15.1. The lowest BCUT2D eigenvalue weighted by molar-refractivity contribution is 0.670. The van der Waals surface area contributed by atoms with Gasteiger partial charge in [0.2, 0.25) is 0 Å². The number of furan rings is 1. The lowest BCUT2D eigenvalue weighted by Crippen LogP contribution is -2.11. The summed E-state index contributed by atoms with van der Waals surface area (Å²) in [5.74, 6) is 0. The van der Waals surface area contributed by atoms with Crippen LogP contribution in [0.5, 0.6) is 0 Å². The zero-order valence-electron chi connectivity index (χ0n) is 29.8. The van der Waals surface area contributed by atoms with Crippen molar-refractivity contribution < 1.29 is 4.42 Å². The average Bonchev–Trinajstić information content (AvgIpc) is 3.84. The van der Waals surface area contributed by atoms with E-state index in [0.29, 0.717) is 0 Å². The molecule has 0 saturated heterocycles. The Bertz CT molecular complexity index is 3210. The highest BCUT2D eigenvalue weighted by Crippen LogP contribution is 2.49. The van der Waals surface area contributed by atoms with Gasteiger partial charge in [-0.05, 0) is 69.6 Å². The standard InChI is InChI=1S/C52H33NOS/c1-3-15-34(16-4-1)37-31-32-47(40-20-8-7-19-38(37)40)53(48-26-14-25-45-42-22-10-12-28-50(42)55-52(45)48)36-29-30-39(46(33-36)35-17-5-2-6-18-35)43-23-13-24-44-41-21-9-11-27-49(41)54-51(43)44/h1-33H. The van der Waals surface area contributed by atoms with Crippen LogP contribution in [0, 0.1) is 0 Å². The van der Waals surface area contributed by atoms with Crippen LogP contribution in [0.4, 0.5) is 17.1 Å². The van der Waals surface area contributed by atoms with Crippen LogP contribution >= 0.6 is 11.3 Å². The van der Waals surface area contributed by atoms with Crippen LogP contribution in [0.3, 0.4) is 0 Å². The van der Waals surface area contributed by atoms with Gasteiger partial charge in [0.15, 0.2) is 0 Å². The molecule has 0 fully saturated rings. The van der Waals surface area contributed by atoms with Gasteiger partial charge in [-0.2, -0.15) is 0 Å². The molecule has 11 rings (SSSR count). The topological polar surface area (TPSA) is 16.4 Å². The lowest BCUT2D eigenvalue weighted by Gasteiger charge is -2.29. The van der Waals surface area contributed by atoms with E-state index in [0.717, 1.165) is 61.3 Å². The number of hydrogen-bond acceptors (Lipinski definition) is 3. The number of para-hydroxylation sites is 2. The van der Waals surface area contributed by atoms with Crippen LogP contribution in [-0.4, -0.2) is 0 Å². The molecule has 0 atom stereocenters. The highest BCUT2D eigenvalue weighted by molar-refractivity contribution is 7.26. The van der Waals surface area contributed by atoms with Crippen molar-refractivity contribution in [3.8, 4) is 33.4 Å². The predicted molar refractivity (Wildman–Crippen MR) is 235 cm³/mol. The van der Waals surface area contributed by atoms with Gasteiger partial charge in [-0.25, -0.2) is 0 Å². The number of benzene rings is 9. The van der Waals surface area contributed by atoms with E-state index in [-0.39, 0.29) is 0 Å². The minimum atomic E-state index is 0.899. The summed E-state index contributed by atoms with van der Waals surface area (Å²) in [5, 5.41) is 7.22. The van der Waals surface area contributed by atoms with Crippen molar-refractivity contribution in [2.75, 3.05) is 4.90 Å². The number of rotatable bonds is 6. The SMILES string of the molecule is c1ccc(-c2cc(N(c3ccc(-c4ccccc4)c4ccccc34)c3cccc4c3sc3ccccc34)ccc2-c2cccc3c2oc2ccccc23)cc1. The van der Waals surface area contributed by atoms with Gasteiger partial charge < -0.3 is 9.32 Å². The molecule has 2 aromatic heterocycles. The van der Waals surface area contributed by atoms with Crippen molar-refractivity contribution in [2.24, 2.45) is 0 Å².